The summed E-state index contributed by atoms with van der Waals surface area (Å²) in [5.41, 5.74) is 4.14. The number of piperidine rings is 1. The lowest BCUT2D eigenvalue weighted by Gasteiger charge is -2.40. The summed E-state index contributed by atoms with van der Waals surface area (Å²) in [4.78, 5) is 27.7. The Morgan fingerprint density at radius 1 is 1.27 bits per heavy atom. The normalized spacial score (nSPS) is 22.1. The van der Waals surface area contributed by atoms with E-state index in [4.69, 9.17) is 4.98 Å². The molecule has 2 aliphatic rings. The number of hydrogen-bond acceptors (Lipinski definition) is 3. The average Bonchev–Trinajstić information content (AvgIpc) is 3.27. The molecule has 132 valence electrons. The largest absolute Gasteiger partial charge is 0.361 e. The van der Waals surface area contributed by atoms with E-state index in [1.165, 1.54) is 11.3 Å². The molecule has 5 nitrogen and oxygen atoms in total. The molecule has 5 heteroatoms. The molecular formula is C21H22N4O. The van der Waals surface area contributed by atoms with Crippen LogP contribution in [0, 0.1) is 6.92 Å². The van der Waals surface area contributed by atoms with Crippen molar-refractivity contribution in [1.29, 1.82) is 0 Å². The highest BCUT2D eigenvalue weighted by molar-refractivity contribution is 6.05. The van der Waals surface area contributed by atoms with Crippen LogP contribution < -0.4 is 0 Å². The summed E-state index contributed by atoms with van der Waals surface area (Å²) < 4.78 is 0. The van der Waals surface area contributed by atoms with E-state index in [1.54, 1.807) is 0 Å². The zero-order valence-electron chi connectivity index (χ0n) is 15.0. The van der Waals surface area contributed by atoms with E-state index in [9.17, 15) is 4.79 Å². The number of rotatable bonds is 1. The number of aromatic nitrogens is 3. The third-order valence-electron chi connectivity index (χ3n) is 6.04. The molecule has 5 rings (SSSR count). The van der Waals surface area contributed by atoms with E-state index in [-0.39, 0.29) is 11.3 Å². The molecule has 1 N–H and O–H groups in total. The lowest BCUT2D eigenvalue weighted by atomic mass is 9.77. The Morgan fingerprint density at radius 2 is 2.19 bits per heavy atom. The summed E-state index contributed by atoms with van der Waals surface area (Å²) in [6.07, 6.45) is 8.08. The molecule has 3 aromatic rings. The molecule has 1 unspecified atom stereocenters. The Kier molecular flexibility index (Phi) is 3.39. The van der Waals surface area contributed by atoms with Crippen LogP contribution in [-0.4, -0.2) is 38.8 Å². The summed E-state index contributed by atoms with van der Waals surface area (Å²) in [6.45, 7) is 3.52. The predicted octanol–water partition coefficient (Wildman–Crippen LogP) is 3.39. The number of amides is 1. The number of carbonyl (C=O) groups is 1. The molecule has 1 atom stereocenters. The lowest BCUT2D eigenvalue weighted by molar-refractivity contribution is 0.0635. The Balaban J connectivity index is 1.50. The first-order chi connectivity index (χ1) is 12.7. The van der Waals surface area contributed by atoms with Gasteiger partial charge >= 0.3 is 0 Å². The van der Waals surface area contributed by atoms with E-state index in [0.29, 0.717) is 0 Å². The molecule has 1 aliphatic carbocycles. The van der Waals surface area contributed by atoms with Crippen molar-refractivity contribution in [2.75, 3.05) is 13.1 Å². The SMILES string of the molecule is Cc1ncc2c(n1)C1(CCCN(C(=O)c3cccc4cc[nH]c34)C1)CC2. The molecule has 1 aliphatic heterocycles. The van der Waals surface area contributed by atoms with Crippen LogP contribution in [0.25, 0.3) is 10.9 Å². The van der Waals surface area contributed by atoms with Gasteiger partial charge in [0.05, 0.1) is 16.8 Å². The summed E-state index contributed by atoms with van der Waals surface area (Å²) in [7, 11) is 0. The van der Waals surface area contributed by atoms with Crippen LogP contribution in [0.1, 0.15) is 46.7 Å². The van der Waals surface area contributed by atoms with Gasteiger partial charge in [-0.15, -0.1) is 0 Å². The van der Waals surface area contributed by atoms with Crippen molar-refractivity contribution in [3.8, 4) is 0 Å². The topological polar surface area (TPSA) is 61.9 Å². The van der Waals surface area contributed by atoms with Crippen molar-refractivity contribution in [1.82, 2.24) is 19.9 Å². The van der Waals surface area contributed by atoms with Crippen molar-refractivity contribution in [2.45, 2.75) is 38.0 Å². The van der Waals surface area contributed by atoms with Gasteiger partial charge in [-0.1, -0.05) is 12.1 Å². The van der Waals surface area contributed by atoms with Crippen LogP contribution in [0.15, 0.2) is 36.7 Å². The summed E-state index contributed by atoms with van der Waals surface area (Å²) >= 11 is 0. The highest BCUT2D eigenvalue weighted by Crippen LogP contribution is 2.44. The second-order valence-electron chi connectivity index (χ2n) is 7.65. The highest BCUT2D eigenvalue weighted by atomic mass is 16.2. The number of H-pyrrole nitrogens is 1. The van der Waals surface area contributed by atoms with Crippen LogP contribution in [-0.2, 0) is 11.8 Å². The number of nitrogens with zero attached hydrogens (tertiary/aromatic N) is 3. The summed E-state index contributed by atoms with van der Waals surface area (Å²) in [5.74, 6) is 0.945. The monoisotopic (exact) mass is 346 g/mol. The van der Waals surface area contributed by atoms with Crippen LogP contribution >= 0.6 is 0 Å². The molecule has 3 heterocycles. The summed E-state index contributed by atoms with van der Waals surface area (Å²) in [5, 5.41) is 1.08. The van der Waals surface area contributed by atoms with Crippen LogP contribution in [0.2, 0.25) is 0 Å². The maximum absolute atomic E-state index is 13.3. The Morgan fingerprint density at radius 3 is 3.12 bits per heavy atom. The third-order valence-corrected chi connectivity index (χ3v) is 6.04. The minimum atomic E-state index is 0.000570. The van der Waals surface area contributed by atoms with Gasteiger partial charge in [0.1, 0.15) is 5.82 Å². The first-order valence-corrected chi connectivity index (χ1v) is 9.35. The maximum atomic E-state index is 13.3. The molecule has 1 saturated heterocycles. The number of carbonyl (C=O) groups excluding carboxylic acids is 1. The van der Waals surface area contributed by atoms with Crippen molar-refractivity contribution >= 4 is 16.8 Å². The number of para-hydroxylation sites is 1. The molecule has 26 heavy (non-hydrogen) atoms. The van der Waals surface area contributed by atoms with Gasteiger partial charge in [-0.3, -0.25) is 4.79 Å². The Hall–Kier alpha value is -2.69. The van der Waals surface area contributed by atoms with Gasteiger partial charge in [0, 0.05) is 36.3 Å². The quantitative estimate of drug-likeness (QED) is 0.735. The number of fused-ring (bicyclic) bond motifs is 3. The molecule has 0 bridgehead atoms. The van der Waals surface area contributed by atoms with E-state index in [0.717, 1.165) is 61.1 Å². The van der Waals surface area contributed by atoms with Gasteiger partial charge in [0.15, 0.2) is 0 Å². The molecule has 1 spiro atoms. The van der Waals surface area contributed by atoms with Gasteiger partial charge in [-0.2, -0.15) is 0 Å². The first-order valence-electron chi connectivity index (χ1n) is 9.35. The lowest BCUT2D eigenvalue weighted by Crippen LogP contribution is -2.48. The summed E-state index contributed by atoms with van der Waals surface area (Å²) in [6, 6.07) is 7.94. The second kappa shape index (κ2) is 5.66. The Labute approximate surface area is 152 Å². The standard InChI is InChI=1S/C21H22N4O/c1-14-23-12-16-6-9-21(19(16)24-14)8-3-11-25(13-21)20(26)17-5-2-4-15-7-10-22-18(15)17/h2,4-5,7,10,12,22H,3,6,8-9,11,13H2,1H3. The molecule has 2 aromatic heterocycles. The molecule has 0 saturated carbocycles. The fourth-order valence-electron chi connectivity index (χ4n) is 4.77. The fourth-order valence-corrected chi connectivity index (χ4v) is 4.77. The van der Waals surface area contributed by atoms with Crippen LogP contribution in [0.4, 0.5) is 0 Å². The Bertz CT molecular complexity index is 1000. The van der Waals surface area contributed by atoms with Crippen molar-refractivity contribution in [3.05, 3.63) is 59.3 Å². The van der Waals surface area contributed by atoms with Gasteiger partial charge in [-0.25, -0.2) is 9.97 Å². The van der Waals surface area contributed by atoms with Gasteiger partial charge in [0.25, 0.3) is 5.91 Å². The highest BCUT2D eigenvalue weighted by Gasteiger charge is 2.44. The number of likely N-dealkylation sites (tertiary alicyclic amines) is 1. The van der Waals surface area contributed by atoms with Crippen molar-refractivity contribution in [3.63, 3.8) is 0 Å². The number of hydrogen-bond donors (Lipinski definition) is 1. The second-order valence-corrected chi connectivity index (χ2v) is 7.65. The van der Waals surface area contributed by atoms with Crippen molar-refractivity contribution in [2.24, 2.45) is 0 Å². The molecule has 1 aromatic carbocycles. The molecular weight excluding hydrogens is 324 g/mol. The number of aromatic amines is 1. The van der Waals surface area contributed by atoms with Crippen molar-refractivity contribution < 1.29 is 4.79 Å². The van der Waals surface area contributed by atoms with E-state index < -0.39 is 0 Å². The minimum Gasteiger partial charge on any atom is -0.361 e. The zero-order valence-corrected chi connectivity index (χ0v) is 15.0. The van der Waals surface area contributed by atoms with Crippen LogP contribution in [0.3, 0.4) is 0 Å². The maximum Gasteiger partial charge on any atom is 0.256 e. The van der Waals surface area contributed by atoms with E-state index >= 15 is 0 Å². The van der Waals surface area contributed by atoms with Gasteiger partial charge in [-0.05, 0) is 50.3 Å². The molecule has 0 radical (unpaired) electrons. The molecule has 1 fully saturated rings. The first kappa shape index (κ1) is 15.6. The molecule has 1 amide bonds. The number of aryl methyl sites for hydroxylation is 2. The van der Waals surface area contributed by atoms with E-state index in [2.05, 4.69) is 9.97 Å². The fraction of sp³-hybridized carbons (Fsp3) is 0.381. The smallest absolute Gasteiger partial charge is 0.256 e. The number of nitrogens with one attached hydrogen (secondary N) is 1. The number of benzene rings is 1. The minimum absolute atomic E-state index is 0.000570. The van der Waals surface area contributed by atoms with Crippen LogP contribution in [0.5, 0.6) is 0 Å². The third kappa shape index (κ3) is 2.26. The zero-order chi connectivity index (χ0) is 17.7. The average molecular weight is 346 g/mol. The predicted molar refractivity (Wildman–Crippen MR) is 100 cm³/mol. The van der Waals surface area contributed by atoms with Gasteiger partial charge in [0.2, 0.25) is 0 Å². The van der Waals surface area contributed by atoms with Gasteiger partial charge < -0.3 is 9.88 Å². The van der Waals surface area contributed by atoms with E-state index in [1.807, 2.05) is 48.5 Å².